The Balaban J connectivity index is 1.70. The molecule has 3 amide bonds. The van der Waals surface area contributed by atoms with Crippen molar-refractivity contribution in [2.75, 3.05) is 29.4 Å². The molecule has 0 radical (unpaired) electrons. The zero-order chi connectivity index (χ0) is 26.0. The molecule has 2 N–H and O–H groups in total. The average molecular weight is 491 g/mol. The fourth-order valence-electron chi connectivity index (χ4n) is 5.59. The van der Waals surface area contributed by atoms with Crippen LogP contribution >= 0.6 is 0 Å². The molecule has 2 aliphatic heterocycles. The zero-order valence-corrected chi connectivity index (χ0v) is 21.9. The highest BCUT2D eigenvalue weighted by molar-refractivity contribution is 5.98. The molecule has 4 rings (SSSR count). The molecule has 2 aromatic rings. The second kappa shape index (κ2) is 10.8. The van der Waals surface area contributed by atoms with E-state index >= 15 is 0 Å². The summed E-state index contributed by atoms with van der Waals surface area (Å²) in [5, 5.41) is 0. The molecule has 2 aliphatic rings. The van der Waals surface area contributed by atoms with Gasteiger partial charge in [-0.15, -0.1) is 0 Å². The number of piperidine rings is 1. The topological polar surface area (TPSA) is 87.0 Å². The number of rotatable bonds is 6. The number of nitrogens with two attached hydrogens (primary N) is 1. The van der Waals surface area contributed by atoms with Gasteiger partial charge in [-0.05, 0) is 76.9 Å². The standard InChI is InChI=1S/C29H38N4O3/c1-5-27(34)32-21(4)17-26(24-16-20(3)8-11-25(24)32)33(23-9-6-19(2)7-10-23)28(35)18-31-14-12-22(13-15-31)29(30)36/h6-11,16,21-22,26H,5,12-15,17-18H2,1-4H3,(H2,30,36). The van der Waals surface area contributed by atoms with Gasteiger partial charge in [0.05, 0.1) is 12.6 Å². The summed E-state index contributed by atoms with van der Waals surface area (Å²) >= 11 is 0. The predicted octanol–water partition coefficient (Wildman–Crippen LogP) is 4.11. The van der Waals surface area contributed by atoms with Crippen molar-refractivity contribution in [3.8, 4) is 0 Å². The molecule has 2 atom stereocenters. The Labute approximate surface area is 214 Å². The van der Waals surface area contributed by atoms with Gasteiger partial charge in [-0.1, -0.05) is 42.3 Å². The number of fused-ring (bicyclic) bond motifs is 1. The smallest absolute Gasteiger partial charge is 0.241 e. The van der Waals surface area contributed by atoms with Crippen molar-refractivity contribution in [2.24, 2.45) is 11.7 Å². The first kappa shape index (κ1) is 25.9. The number of nitrogens with zero attached hydrogens (tertiary/aromatic N) is 3. The fourth-order valence-corrected chi connectivity index (χ4v) is 5.59. The van der Waals surface area contributed by atoms with Crippen LogP contribution in [0.3, 0.4) is 0 Å². The van der Waals surface area contributed by atoms with Crippen LogP contribution in [0.2, 0.25) is 0 Å². The largest absolute Gasteiger partial charge is 0.369 e. The molecule has 2 heterocycles. The Kier molecular flexibility index (Phi) is 7.79. The van der Waals surface area contributed by atoms with Gasteiger partial charge >= 0.3 is 0 Å². The molecule has 2 aromatic carbocycles. The SMILES string of the molecule is CCC(=O)N1c2ccc(C)cc2C(N(C(=O)CN2CCC(C(N)=O)CC2)c2ccc(C)cc2)CC1C. The summed E-state index contributed by atoms with van der Waals surface area (Å²) in [6.07, 6.45) is 2.46. The predicted molar refractivity (Wildman–Crippen MR) is 143 cm³/mol. The maximum absolute atomic E-state index is 14.0. The first-order valence-corrected chi connectivity index (χ1v) is 13.0. The maximum Gasteiger partial charge on any atom is 0.241 e. The van der Waals surface area contributed by atoms with E-state index in [1.807, 2.05) is 67.0 Å². The lowest BCUT2D eigenvalue weighted by Crippen LogP contribution is -2.50. The highest BCUT2D eigenvalue weighted by Crippen LogP contribution is 2.43. The number of primary amides is 1. The van der Waals surface area contributed by atoms with Crippen LogP contribution in [-0.4, -0.2) is 48.3 Å². The number of aryl methyl sites for hydroxylation is 2. The van der Waals surface area contributed by atoms with E-state index in [-0.39, 0.29) is 42.3 Å². The molecule has 1 fully saturated rings. The number of anilines is 2. The van der Waals surface area contributed by atoms with Gasteiger partial charge in [-0.2, -0.15) is 0 Å². The number of amides is 3. The Bertz CT molecular complexity index is 1120. The molecule has 0 aromatic heterocycles. The first-order valence-electron chi connectivity index (χ1n) is 13.0. The zero-order valence-electron chi connectivity index (χ0n) is 21.9. The van der Waals surface area contributed by atoms with Crippen LogP contribution in [0.1, 0.15) is 62.3 Å². The second-order valence-corrected chi connectivity index (χ2v) is 10.3. The third kappa shape index (κ3) is 5.31. The molecule has 0 saturated carbocycles. The summed E-state index contributed by atoms with van der Waals surface area (Å²) in [5.74, 6) is -0.245. The van der Waals surface area contributed by atoms with E-state index in [0.717, 1.165) is 28.1 Å². The van der Waals surface area contributed by atoms with Gasteiger partial charge in [-0.3, -0.25) is 19.3 Å². The van der Waals surface area contributed by atoms with E-state index in [2.05, 4.69) is 17.9 Å². The van der Waals surface area contributed by atoms with E-state index in [0.29, 0.717) is 38.8 Å². The van der Waals surface area contributed by atoms with Crippen LogP contribution in [0.4, 0.5) is 11.4 Å². The third-order valence-corrected chi connectivity index (χ3v) is 7.62. The lowest BCUT2D eigenvalue weighted by molar-refractivity contribution is -0.123. The summed E-state index contributed by atoms with van der Waals surface area (Å²) < 4.78 is 0. The van der Waals surface area contributed by atoms with Crippen molar-refractivity contribution >= 4 is 29.1 Å². The normalized spacial score (nSPS) is 20.6. The average Bonchev–Trinajstić information content (AvgIpc) is 2.85. The fraction of sp³-hybridized carbons (Fsp3) is 0.483. The van der Waals surface area contributed by atoms with Crippen molar-refractivity contribution in [2.45, 2.75) is 65.5 Å². The molecular weight excluding hydrogens is 452 g/mol. The van der Waals surface area contributed by atoms with Gasteiger partial charge in [0.1, 0.15) is 0 Å². The molecule has 192 valence electrons. The molecular formula is C29H38N4O3. The summed E-state index contributed by atoms with van der Waals surface area (Å²) in [5.41, 5.74) is 10.5. The third-order valence-electron chi connectivity index (χ3n) is 7.62. The van der Waals surface area contributed by atoms with E-state index in [4.69, 9.17) is 5.73 Å². The minimum Gasteiger partial charge on any atom is -0.369 e. The van der Waals surface area contributed by atoms with Crippen LogP contribution in [0.25, 0.3) is 0 Å². The van der Waals surface area contributed by atoms with E-state index in [1.165, 1.54) is 0 Å². The molecule has 0 aliphatic carbocycles. The lowest BCUT2D eigenvalue weighted by Gasteiger charge is -2.44. The van der Waals surface area contributed by atoms with Gasteiger partial charge in [0.2, 0.25) is 17.7 Å². The Morgan fingerprint density at radius 2 is 1.64 bits per heavy atom. The number of hydrogen-bond donors (Lipinski definition) is 1. The Hall–Kier alpha value is -3.19. The first-order chi connectivity index (χ1) is 17.2. The van der Waals surface area contributed by atoms with Crippen molar-refractivity contribution in [1.82, 2.24) is 4.90 Å². The van der Waals surface area contributed by atoms with Gasteiger partial charge in [-0.25, -0.2) is 0 Å². The number of hydrogen-bond acceptors (Lipinski definition) is 4. The van der Waals surface area contributed by atoms with Crippen molar-refractivity contribution < 1.29 is 14.4 Å². The minimum absolute atomic E-state index is 0.0244. The van der Waals surface area contributed by atoms with Crippen LogP contribution in [0.15, 0.2) is 42.5 Å². The molecule has 0 spiro atoms. The van der Waals surface area contributed by atoms with Gasteiger partial charge < -0.3 is 15.5 Å². The van der Waals surface area contributed by atoms with Crippen LogP contribution in [0.5, 0.6) is 0 Å². The summed E-state index contributed by atoms with van der Waals surface area (Å²) in [7, 11) is 0. The van der Waals surface area contributed by atoms with E-state index in [1.54, 1.807) is 0 Å². The summed E-state index contributed by atoms with van der Waals surface area (Å²) in [6.45, 7) is 9.67. The van der Waals surface area contributed by atoms with Crippen LogP contribution < -0.4 is 15.5 Å². The second-order valence-electron chi connectivity index (χ2n) is 10.3. The van der Waals surface area contributed by atoms with Gasteiger partial charge in [0.25, 0.3) is 0 Å². The van der Waals surface area contributed by atoms with Gasteiger partial charge in [0.15, 0.2) is 0 Å². The van der Waals surface area contributed by atoms with Crippen LogP contribution in [-0.2, 0) is 14.4 Å². The van der Waals surface area contributed by atoms with E-state index < -0.39 is 0 Å². The molecule has 36 heavy (non-hydrogen) atoms. The highest BCUT2D eigenvalue weighted by Gasteiger charge is 2.39. The summed E-state index contributed by atoms with van der Waals surface area (Å²) in [4.78, 5) is 44.4. The van der Waals surface area contributed by atoms with Crippen molar-refractivity contribution in [3.05, 3.63) is 59.2 Å². The molecule has 0 bridgehead atoms. The lowest BCUT2D eigenvalue weighted by atomic mass is 9.88. The number of carbonyl (C=O) groups excluding carboxylic acids is 3. The van der Waals surface area contributed by atoms with Gasteiger partial charge in [0, 0.05) is 29.8 Å². The quantitative estimate of drug-likeness (QED) is 0.660. The molecule has 7 nitrogen and oxygen atoms in total. The Morgan fingerprint density at radius 1 is 1.00 bits per heavy atom. The molecule has 7 heteroatoms. The minimum atomic E-state index is -0.253. The monoisotopic (exact) mass is 490 g/mol. The number of carbonyl (C=O) groups is 3. The number of benzene rings is 2. The number of likely N-dealkylation sites (tertiary alicyclic amines) is 1. The molecule has 2 unspecified atom stereocenters. The maximum atomic E-state index is 14.0. The molecule has 1 saturated heterocycles. The summed E-state index contributed by atoms with van der Waals surface area (Å²) in [6, 6.07) is 14.0. The highest BCUT2D eigenvalue weighted by atomic mass is 16.2. The van der Waals surface area contributed by atoms with Crippen molar-refractivity contribution in [1.29, 1.82) is 0 Å². The van der Waals surface area contributed by atoms with Crippen molar-refractivity contribution in [3.63, 3.8) is 0 Å². The Morgan fingerprint density at radius 3 is 2.25 bits per heavy atom. The van der Waals surface area contributed by atoms with E-state index in [9.17, 15) is 14.4 Å². The van der Waals surface area contributed by atoms with Crippen LogP contribution in [0, 0.1) is 19.8 Å².